The Kier molecular flexibility index (Phi) is 4.27. The molecule has 0 aliphatic rings. The van der Waals surface area contributed by atoms with Crippen LogP contribution in [0.2, 0.25) is 0 Å². The van der Waals surface area contributed by atoms with E-state index in [1.807, 2.05) is 25.1 Å². The number of aromatic amines is 1. The Bertz CT molecular complexity index is 539. The van der Waals surface area contributed by atoms with Crippen molar-refractivity contribution in [3.8, 4) is 0 Å². The minimum atomic E-state index is -0.340. The smallest absolute Gasteiger partial charge is 0.408 e. The predicted molar refractivity (Wildman–Crippen MR) is 78.6 cm³/mol. The Morgan fingerprint density at radius 2 is 2.11 bits per heavy atom. The molecule has 2 rings (SSSR count). The molecule has 1 heterocycles. The van der Waals surface area contributed by atoms with Gasteiger partial charge in [0.05, 0.1) is 17.4 Å². The normalized spacial score (nSPS) is 12.0. The molecular weight excluding hydrogens is 239 g/mol. The molecule has 2 aromatic rings. The molecule has 0 fully saturated rings. The lowest BCUT2D eigenvalue weighted by Crippen LogP contribution is -2.43. The zero-order valence-electron chi connectivity index (χ0n) is 12.1. The average molecular weight is 260 g/mol. The molecule has 1 N–H and O–H groups in total. The third-order valence-corrected chi connectivity index (χ3v) is 3.31. The number of imidazole rings is 1. The maximum atomic E-state index is 6.08. The van der Waals surface area contributed by atoms with E-state index < -0.39 is 0 Å². The van der Waals surface area contributed by atoms with Gasteiger partial charge in [0.25, 0.3) is 0 Å². The first kappa shape index (κ1) is 14.1. The van der Waals surface area contributed by atoms with Crippen molar-refractivity contribution in [3.63, 3.8) is 0 Å². The fourth-order valence-electron chi connectivity index (χ4n) is 1.82. The lowest BCUT2D eigenvalue weighted by molar-refractivity contribution is 0.0706. The molecule has 0 aliphatic heterocycles. The van der Waals surface area contributed by atoms with Gasteiger partial charge in [0.2, 0.25) is 0 Å². The first-order chi connectivity index (χ1) is 9.05. The minimum Gasteiger partial charge on any atom is -0.408 e. The molecular formula is C14H21BN2O2. The molecule has 0 unspecified atom stereocenters. The Morgan fingerprint density at radius 3 is 2.79 bits per heavy atom. The number of rotatable bonds is 6. The van der Waals surface area contributed by atoms with Crippen molar-refractivity contribution in [1.82, 2.24) is 9.97 Å². The largest absolute Gasteiger partial charge is 0.494 e. The topological polar surface area (TPSA) is 47.1 Å². The Labute approximate surface area is 114 Å². The van der Waals surface area contributed by atoms with Gasteiger partial charge in [-0.2, -0.15) is 0 Å². The quantitative estimate of drug-likeness (QED) is 0.812. The molecule has 19 heavy (non-hydrogen) atoms. The molecule has 0 saturated carbocycles. The van der Waals surface area contributed by atoms with Gasteiger partial charge in [-0.05, 0) is 44.8 Å². The zero-order valence-corrected chi connectivity index (χ0v) is 12.1. The van der Waals surface area contributed by atoms with E-state index in [1.165, 1.54) is 0 Å². The van der Waals surface area contributed by atoms with Crippen LogP contribution in [0.4, 0.5) is 0 Å². The maximum Gasteiger partial charge on any atom is 0.494 e. The van der Waals surface area contributed by atoms with Gasteiger partial charge in [-0.15, -0.1) is 0 Å². The van der Waals surface area contributed by atoms with Crippen LogP contribution < -0.4 is 5.46 Å². The number of nitrogens with one attached hydrogen (secondary N) is 1. The van der Waals surface area contributed by atoms with E-state index in [-0.39, 0.29) is 12.7 Å². The highest BCUT2D eigenvalue weighted by Crippen LogP contribution is 2.16. The van der Waals surface area contributed by atoms with Crippen molar-refractivity contribution >= 4 is 23.6 Å². The molecule has 0 atom stereocenters. The number of hydrogen-bond acceptors (Lipinski definition) is 3. The van der Waals surface area contributed by atoms with Gasteiger partial charge in [0.15, 0.2) is 0 Å². The van der Waals surface area contributed by atoms with Crippen molar-refractivity contribution in [3.05, 3.63) is 24.5 Å². The van der Waals surface area contributed by atoms with Crippen molar-refractivity contribution < 1.29 is 9.31 Å². The lowest BCUT2D eigenvalue weighted by Gasteiger charge is -2.28. The highest BCUT2D eigenvalue weighted by atomic mass is 16.6. The van der Waals surface area contributed by atoms with E-state index in [4.69, 9.17) is 9.31 Å². The highest BCUT2D eigenvalue weighted by Gasteiger charge is 2.29. The van der Waals surface area contributed by atoms with Gasteiger partial charge in [0, 0.05) is 12.2 Å². The van der Waals surface area contributed by atoms with Crippen LogP contribution in [0.5, 0.6) is 0 Å². The summed E-state index contributed by atoms with van der Waals surface area (Å²) in [6.07, 6.45) is 2.63. The molecule has 102 valence electrons. The van der Waals surface area contributed by atoms with Gasteiger partial charge >= 0.3 is 7.12 Å². The van der Waals surface area contributed by atoms with Crippen LogP contribution in [-0.2, 0) is 9.31 Å². The minimum absolute atomic E-state index is 0.206. The van der Waals surface area contributed by atoms with E-state index in [9.17, 15) is 0 Å². The summed E-state index contributed by atoms with van der Waals surface area (Å²) in [5, 5.41) is 0. The highest BCUT2D eigenvalue weighted by molar-refractivity contribution is 6.61. The van der Waals surface area contributed by atoms with Crippen molar-refractivity contribution in [1.29, 1.82) is 0 Å². The molecule has 1 aromatic heterocycles. The number of fused-ring (bicyclic) bond motifs is 1. The van der Waals surface area contributed by atoms with E-state index in [2.05, 4.69) is 30.7 Å². The van der Waals surface area contributed by atoms with Crippen LogP contribution in [0.15, 0.2) is 24.5 Å². The second kappa shape index (κ2) is 5.76. The third-order valence-electron chi connectivity index (χ3n) is 3.31. The van der Waals surface area contributed by atoms with Crippen molar-refractivity contribution in [2.45, 2.75) is 39.7 Å². The lowest BCUT2D eigenvalue weighted by atomic mass is 9.77. The van der Waals surface area contributed by atoms with Crippen LogP contribution in [0.25, 0.3) is 11.0 Å². The molecule has 0 bridgehead atoms. The SMILES string of the molecule is CCOB(OC(C)(C)CC)c1ccc2nc[nH]c2c1. The summed E-state index contributed by atoms with van der Waals surface area (Å²) in [5.41, 5.74) is 2.76. The summed E-state index contributed by atoms with van der Waals surface area (Å²) in [7, 11) is -0.340. The summed E-state index contributed by atoms with van der Waals surface area (Å²) in [4.78, 5) is 7.33. The third kappa shape index (κ3) is 3.36. The summed E-state index contributed by atoms with van der Waals surface area (Å²) >= 11 is 0. The monoisotopic (exact) mass is 260 g/mol. The zero-order chi connectivity index (χ0) is 13.9. The predicted octanol–water partition coefficient (Wildman–Crippen LogP) is 2.50. The van der Waals surface area contributed by atoms with E-state index in [0.717, 1.165) is 22.9 Å². The number of H-pyrrole nitrogens is 1. The summed E-state index contributed by atoms with van der Waals surface area (Å²) < 4.78 is 11.8. The first-order valence-corrected chi connectivity index (χ1v) is 6.78. The molecule has 5 heteroatoms. The fourth-order valence-corrected chi connectivity index (χ4v) is 1.82. The number of hydrogen-bond donors (Lipinski definition) is 1. The average Bonchev–Trinajstić information content (AvgIpc) is 2.85. The van der Waals surface area contributed by atoms with Crippen molar-refractivity contribution in [2.24, 2.45) is 0 Å². The van der Waals surface area contributed by atoms with Gasteiger partial charge in [-0.1, -0.05) is 13.0 Å². The maximum absolute atomic E-state index is 6.08. The van der Waals surface area contributed by atoms with E-state index in [0.29, 0.717) is 6.61 Å². The van der Waals surface area contributed by atoms with Crippen LogP contribution in [-0.4, -0.2) is 29.3 Å². The van der Waals surface area contributed by atoms with Crippen LogP contribution in [0, 0.1) is 0 Å². The number of aromatic nitrogens is 2. The molecule has 0 aliphatic carbocycles. The first-order valence-electron chi connectivity index (χ1n) is 6.78. The van der Waals surface area contributed by atoms with Gasteiger partial charge in [-0.3, -0.25) is 0 Å². The van der Waals surface area contributed by atoms with Gasteiger partial charge < -0.3 is 14.3 Å². The Hall–Kier alpha value is -1.33. The van der Waals surface area contributed by atoms with Crippen LogP contribution >= 0.6 is 0 Å². The summed E-state index contributed by atoms with van der Waals surface area (Å²) in [6, 6.07) is 6.03. The molecule has 0 spiro atoms. The van der Waals surface area contributed by atoms with E-state index in [1.54, 1.807) is 6.33 Å². The van der Waals surface area contributed by atoms with E-state index >= 15 is 0 Å². The molecule has 4 nitrogen and oxygen atoms in total. The molecule has 1 aromatic carbocycles. The summed E-state index contributed by atoms with van der Waals surface area (Å²) in [5.74, 6) is 0. The molecule has 0 radical (unpaired) electrons. The number of benzene rings is 1. The van der Waals surface area contributed by atoms with Gasteiger partial charge in [-0.25, -0.2) is 4.98 Å². The molecule has 0 saturated heterocycles. The summed E-state index contributed by atoms with van der Waals surface area (Å²) in [6.45, 7) is 8.86. The van der Waals surface area contributed by atoms with Crippen LogP contribution in [0.3, 0.4) is 0 Å². The fraction of sp³-hybridized carbons (Fsp3) is 0.500. The second-order valence-electron chi connectivity index (χ2n) is 5.20. The van der Waals surface area contributed by atoms with Crippen molar-refractivity contribution in [2.75, 3.05) is 6.61 Å². The second-order valence-corrected chi connectivity index (χ2v) is 5.20. The Morgan fingerprint density at radius 1 is 1.32 bits per heavy atom. The number of nitrogens with zero attached hydrogens (tertiary/aromatic N) is 1. The molecule has 0 amide bonds. The standard InChI is InChI=1S/C14H21BN2O2/c1-5-14(3,4)19-15(18-6-2)11-7-8-12-13(9-11)17-10-16-12/h7-10H,5-6H2,1-4H3,(H,16,17). The van der Waals surface area contributed by atoms with Gasteiger partial charge in [0.1, 0.15) is 0 Å². The Balaban J connectivity index is 2.26. The van der Waals surface area contributed by atoms with Crippen LogP contribution in [0.1, 0.15) is 34.1 Å².